The predicted octanol–water partition coefficient (Wildman–Crippen LogP) is 4.70. The normalized spacial score (nSPS) is 12.4. The molecule has 0 fully saturated rings. The van der Waals surface area contributed by atoms with E-state index in [1.54, 1.807) is 18.2 Å². The summed E-state index contributed by atoms with van der Waals surface area (Å²) in [6.45, 7) is 2.04. The van der Waals surface area contributed by atoms with Crippen LogP contribution in [-0.4, -0.2) is 0 Å². The third kappa shape index (κ3) is 2.95. The molecule has 1 unspecified atom stereocenters. The van der Waals surface area contributed by atoms with E-state index >= 15 is 0 Å². The quantitative estimate of drug-likeness (QED) is 0.733. The molecule has 0 aromatic heterocycles. The van der Waals surface area contributed by atoms with E-state index in [-0.39, 0.29) is 17.6 Å². The van der Waals surface area contributed by atoms with Crippen LogP contribution in [0.4, 0.5) is 8.78 Å². The SMILES string of the molecule is CCC(Cc1ccc(F)cc1)c1ccccc1F. The van der Waals surface area contributed by atoms with Crippen LogP contribution in [0.2, 0.25) is 0 Å². The maximum absolute atomic E-state index is 13.7. The molecule has 0 aliphatic rings. The average Bonchev–Trinajstić information content (AvgIpc) is 2.39. The van der Waals surface area contributed by atoms with Crippen molar-refractivity contribution in [2.24, 2.45) is 0 Å². The summed E-state index contributed by atoms with van der Waals surface area (Å²) in [5.41, 5.74) is 1.77. The standard InChI is InChI=1S/C16H16F2/c1-2-13(15-5-3-4-6-16(15)18)11-12-7-9-14(17)10-8-12/h3-10,13H,2,11H2,1H3. The zero-order chi connectivity index (χ0) is 13.0. The second kappa shape index (κ2) is 5.76. The molecular formula is C16H16F2. The van der Waals surface area contributed by atoms with Crippen LogP contribution in [0.25, 0.3) is 0 Å². The number of benzene rings is 2. The Morgan fingerprint density at radius 2 is 1.61 bits per heavy atom. The summed E-state index contributed by atoms with van der Waals surface area (Å²) < 4.78 is 26.6. The van der Waals surface area contributed by atoms with E-state index in [0.717, 1.165) is 24.0 Å². The fourth-order valence-corrected chi connectivity index (χ4v) is 2.19. The Labute approximate surface area is 106 Å². The second-order valence-electron chi connectivity index (χ2n) is 4.46. The minimum absolute atomic E-state index is 0.136. The Balaban J connectivity index is 2.20. The molecule has 0 spiro atoms. The first kappa shape index (κ1) is 12.7. The molecule has 2 rings (SSSR count). The van der Waals surface area contributed by atoms with E-state index in [2.05, 4.69) is 0 Å². The van der Waals surface area contributed by atoms with Gasteiger partial charge in [0.15, 0.2) is 0 Å². The van der Waals surface area contributed by atoms with Gasteiger partial charge in [-0.2, -0.15) is 0 Å². The van der Waals surface area contributed by atoms with Crippen LogP contribution in [0.3, 0.4) is 0 Å². The Morgan fingerprint density at radius 3 is 2.22 bits per heavy atom. The summed E-state index contributed by atoms with van der Waals surface area (Å²) in [5, 5.41) is 0. The largest absolute Gasteiger partial charge is 0.207 e. The van der Waals surface area contributed by atoms with E-state index in [1.807, 2.05) is 19.1 Å². The van der Waals surface area contributed by atoms with Gasteiger partial charge in [-0.1, -0.05) is 37.3 Å². The number of hydrogen-bond donors (Lipinski definition) is 0. The fourth-order valence-electron chi connectivity index (χ4n) is 2.19. The van der Waals surface area contributed by atoms with Gasteiger partial charge in [0.1, 0.15) is 11.6 Å². The number of hydrogen-bond acceptors (Lipinski definition) is 0. The fraction of sp³-hybridized carbons (Fsp3) is 0.250. The van der Waals surface area contributed by atoms with Crippen LogP contribution in [0.15, 0.2) is 48.5 Å². The topological polar surface area (TPSA) is 0 Å². The molecule has 2 heteroatoms. The third-order valence-corrected chi connectivity index (χ3v) is 3.23. The van der Waals surface area contributed by atoms with Crippen molar-refractivity contribution in [2.75, 3.05) is 0 Å². The lowest BCUT2D eigenvalue weighted by Gasteiger charge is -2.16. The van der Waals surface area contributed by atoms with Gasteiger partial charge in [-0.15, -0.1) is 0 Å². The minimum atomic E-state index is -0.238. The van der Waals surface area contributed by atoms with Gasteiger partial charge in [0.05, 0.1) is 0 Å². The van der Waals surface area contributed by atoms with Gasteiger partial charge in [-0.05, 0) is 48.1 Å². The first-order chi connectivity index (χ1) is 8.70. The van der Waals surface area contributed by atoms with Gasteiger partial charge in [-0.25, -0.2) is 8.78 Å². The zero-order valence-corrected chi connectivity index (χ0v) is 10.4. The van der Waals surface area contributed by atoms with Gasteiger partial charge in [0, 0.05) is 0 Å². The molecule has 0 aliphatic heterocycles. The van der Waals surface area contributed by atoms with Crippen molar-refractivity contribution < 1.29 is 8.78 Å². The molecule has 0 nitrogen and oxygen atoms in total. The summed E-state index contributed by atoms with van der Waals surface area (Å²) in [6.07, 6.45) is 1.59. The number of halogens is 2. The summed E-state index contributed by atoms with van der Waals surface area (Å²) in [5.74, 6) is -0.263. The molecule has 94 valence electrons. The van der Waals surface area contributed by atoms with Gasteiger partial charge in [0.2, 0.25) is 0 Å². The smallest absolute Gasteiger partial charge is 0.126 e. The molecule has 0 N–H and O–H groups in total. The van der Waals surface area contributed by atoms with E-state index in [0.29, 0.717) is 0 Å². The Morgan fingerprint density at radius 1 is 0.944 bits per heavy atom. The van der Waals surface area contributed by atoms with Gasteiger partial charge < -0.3 is 0 Å². The summed E-state index contributed by atoms with van der Waals surface area (Å²) in [7, 11) is 0. The van der Waals surface area contributed by atoms with E-state index in [9.17, 15) is 8.78 Å². The van der Waals surface area contributed by atoms with Crippen molar-refractivity contribution in [3.8, 4) is 0 Å². The second-order valence-corrected chi connectivity index (χ2v) is 4.46. The average molecular weight is 246 g/mol. The predicted molar refractivity (Wildman–Crippen MR) is 69.5 cm³/mol. The van der Waals surface area contributed by atoms with Crippen molar-refractivity contribution in [1.29, 1.82) is 0 Å². The Bertz CT molecular complexity index is 503. The Kier molecular flexibility index (Phi) is 4.08. The van der Waals surface area contributed by atoms with Crippen LogP contribution in [-0.2, 0) is 6.42 Å². The lowest BCUT2D eigenvalue weighted by atomic mass is 9.89. The van der Waals surface area contributed by atoms with Crippen LogP contribution in [0, 0.1) is 11.6 Å². The highest BCUT2D eigenvalue weighted by Crippen LogP contribution is 2.26. The number of rotatable bonds is 4. The molecule has 2 aromatic rings. The van der Waals surface area contributed by atoms with Crippen molar-refractivity contribution in [2.45, 2.75) is 25.7 Å². The summed E-state index contributed by atoms with van der Waals surface area (Å²) >= 11 is 0. The Hall–Kier alpha value is -1.70. The lowest BCUT2D eigenvalue weighted by Crippen LogP contribution is -2.04. The molecule has 2 aromatic carbocycles. The van der Waals surface area contributed by atoms with Crippen LogP contribution in [0.5, 0.6) is 0 Å². The lowest BCUT2D eigenvalue weighted by molar-refractivity contribution is 0.564. The molecule has 0 heterocycles. The molecule has 0 aliphatic carbocycles. The maximum atomic E-state index is 13.7. The summed E-state index contributed by atoms with van der Waals surface area (Å²) in [6, 6.07) is 13.3. The molecule has 18 heavy (non-hydrogen) atoms. The monoisotopic (exact) mass is 246 g/mol. The molecule has 0 radical (unpaired) electrons. The van der Waals surface area contributed by atoms with E-state index in [4.69, 9.17) is 0 Å². The van der Waals surface area contributed by atoms with Crippen molar-refractivity contribution >= 4 is 0 Å². The molecule has 0 amide bonds. The van der Waals surface area contributed by atoms with Crippen LogP contribution < -0.4 is 0 Å². The van der Waals surface area contributed by atoms with E-state index in [1.165, 1.54) is 18.2 Å². The molecule has 0 saturated carbocycles. The summed E-state index contributed by atoms with van der Waals surface area (Å²) in [4.78, 5) is 0. The maximum Gasteiger partial charge on any atom is 0.126 e. The van der Waals surface area contributed by atoms with Gasteiger partial charge >= 0.3 is 0 Å². The highest BCUT2D eigenvalue weighted by Gasteiger charge is 2.14. The third-order valence-electron chi connectivity index (χ3n) is 3.23. The molecule has 0 saturated heterocycles. The highest BCUT2D eigenvalue weighted by molar-refractivity contribution is 5.25. The molecule has 0 bridgehead atoms. The van der Waals surface area contributed by atoms with Crippen molar-refractivity contribution in [3.05, 3.63) is 71.3 Å². The van der Waals surface area contributed by atoms with Gasteiger partial charge in [-0.3, -0.25) is 0 Å². The molecular weight excluding hydrogens is 230 g/mol. The van der Waals surface area contributed by atoms with Crippen molar-refractivity contribution in [1.82, 2.24) is 0 Å². The van der Waals surface area contributed by atoms with Crippen LogP contribution in [0.1, 0.15) is 30.4 Å². The van der Waals surface area contributed by atoms with Crippen LogP contribution >= 0.6 is 0 Å². The minimum Gasteiger partial charge on any atom is -0.207 e. The molecule has 1 atom stereocenters. The first-order valence-electron chi connectivity index (χ1n) is 6.19. The van der Waals surface area contributed by atoms with Crippen molar-refractivity contribution in [3.63, 3.8) is 0 Å². The first-order valence-corrected chi connectivity index (χ1v) is 6.19. The highest BCUT2D eigenvalue weighted by atomic mass is 19.1. The van der Waals surface area contributed by atoms with Gasteiger partial charge in [0.25, 0.3) is 0 Å². The van der Waals surface area contributed by atoms with E-state index < -0.39 is 0 Å². The zero-order valence-electron chi connectivity index (χ0n) is 10.4.